The van der Waals surface area contributed by atoms with Gasteiger partial charge in [-0.2, -0.15) is 8.78 Å². The van der Waals surface area contributed by atoms with Crippen molar-refractivity contribution in [1.29, 1.82) is 0 Å². The van der Waals surface area contributed by atoms with Crippen LogP contribution in [-0.2, 0) is 0 Å². The Labute approximate surface area is 156 Å². The second-order valence-corrected chi connectivity index (χ2v) is 6.13. The van der Waals surface area contributed by atoms with Crippen LogP contribution in [0, 0.1) is 10.1 Å². The zero-order valence-electron chi connectivity index (χ0n) is 13.9. The third kappa shape index (κ3) is 3.59. The second kappa shape index (κ2) is 7.28. The molecule has 27 heavy (non-hydrogen) atoms. The molecule has 0 aliphatic heterocycles. The first-order valence-electron chi connectivity index (χ1n) is 7.79. The van der Waals surface area contributed by atoms with E-state index in [0.717, 1.165) is 16.7 Å². The largest absolute Gasteiger partial charge is 0.342 e. The summed E-state index contributed by atoms with van der Waals surface area (Å²) in [4.78, 5) is 26.7. The standard InChI is InChI=1S/C17H13ClF2N4O3/c1-9(15-22-13-4-2-3-5-14(13)23(15)17(19)20)21-16(25)11-7-6-10(24(26)27)8-12(11)18/h2-9,17H,1H3,(H,21,25). The molecule has 0 fully saturated rings. The van der Waals surface area contributed by atoms with Gasteiger partial charge in [0.1, 0.15) is 5.82 Å². The maximum atomic E-state index is 13.5. The van der Waals surface area contributed by atoms with Crippen LogP contribution in [0.2, 0.25) is 5.02 Å². The Balaban J connectivity index is 1.90. The van der Waals surface area contributed by atoms with Crippen molar-refractivity contribution in [2.24, 2.45) is 0 Å². The van der Waals surface area contributed by atoms with Gasteiger partial charge in [-0.3, -0.25) is 19.5 Å². The Bertz CT molecular complexity index is 1040. The number of halogens is 3. The third-order valence-corrected chi connectivity index (χ3v) is 4.27. The number of rotatable bonds is 5. The van der Waals surface area contributed by atoms with E-state index in [1.807, 2.05) is 0 Å². The van der Waals surface area contributed by atoms with Crippen molar-refractivity contribution in [1.82, 2.24) is 14.9 Å². The van der Waals surface area contributed by atoms with Crippen LogP contribution in [0.15, 0.2) is 42.5 Å². The van der Waals surface area contributed by atoms with E-state index in [2.05, 4.69) is 10.3 Å². The first kappa shape index (κ1) is 18.7. The molecule has 10 heteroatoms. The highest BCUT2D eigenvalue weighted by Crippen LogP contribution is 2.27. The third-order valence-electron chi connectivity index (χ3n) is 3.96. The monoisotopic (exact) mass is 394 g/mol. The molecule has 1 atom stereocenters. The molecule has 2 aromatic carbocycles. The van der Waals surface area contributed by atoms with Gasteiger partial charge in [-0.05, 0) is 25.1 Å². The van der Waals surface area contributed by atoms with Gasteiger partial charge in [-0.15, -0.1) is 0 Å². The quantitative estimate of drug-likeness (QED) is 0.510. The maximum Gasteiger partial charge on any atom is 0.320 e. The van der Waals surface area contributed by atoms with Crippen LogP contribution in [0.5, 0.6) is 0 Å². The number of imidazole rings is 1. The minimum atomic E-state index is -2.84. The summed E-state index contributed by atoms with van der Waals surface area (Å²) in [5, 5.41) is 13.2. The van der Waals surface area contributed by atoms with E-state index in [1.54, 1.807) is 18.2 Å². The lowest BCUT2D eigenvalue weighted by Gasteiger charge is -2.16. The SMILES string of the molecule is CC(NC(=O)c1ccc([N+](=O)[O-])cc1Cl)c1nc2ccccc2n1C(F)F. The summed E-state index contributed by atoms with van der Waals surface area (Å²) in [6.45, 7) is -1.33. The van der Waals surface area contributed by atoms with Crippen LogP contribution < -0.4 is 5.32 Å². The fourth-order valence-corrected chi connectivity index (χ4v) is 2.97. The highest BCUT2D eigenvalue weighted by atomic mass is 35.5. The summed E-state index contributed by atoms with van der Waals surface area (Å²) in [5.41, 5.74) is 0.358. The Morgan fingerprint density at radius 2 is 2.00 bits per heavy atom. The fraction of sp³-hybridized carbons (Fsp3) is 0.176. The summed E-state index contributed by atoms with van der Waals surface area (Å²) in [7, 11) is 0. The number of carbonyl (C=O) groups excluding carboxylic acids is 1. The summed E-state index contributed by atoms with van der Waals surface area (Å²) in [5.74, 6) is -0.673. The van der Waals surface area contributed by atoms with E-state index in [-0.39, 0.29) is 27.6 Å². The lowest BCUT2D eigenvalue weighted by Crippen LogP contribution is -2.29. The number of nitrogens with one attached hydrogen (secondary N) is 1. The van der Waals surface area contributed by atoms with Gasteiger partial charge in [-0.1, -0.05) is 23.7 Å². The fourth-order valence-electron chi connectivity index (χ4n) is 2.71. The van der Waals surface area contributed by atoms with Crippen molar-refractivity contribution < 1.29 is 18.5 Å². The molecule has 1 amide bonds. The minimum absolute atomic E-state index is 0.00572. The van der Waals surface area contributed by atoms with E-state index in [9.17, 15) is 23.7 Å². The Kier molecular flexibility index (Phi) is 5.04. The summed E-state index contributed by atoms with van der Waals surface area (Å²) < 4.78 is 27.8. The molecule has 1 N–H and O–H groups in total. The number of non-ortho nitro benzene ring substituents is 1. The Hall–Kier alpha value is -3.07. The van der Waals surface area contributed by atoms with Crippen LogP contribution in [-0.4, -0.2) is 20.4 Å². The number of nitro groups is 1. The predicted octanol–water partition coefficient (Wildman–Crippen LogP) is 4.48. The summed E-state index contributed by atoms with van der Waals surface area (Å²) >= 11 is 5.94. The van der Waals surface area contributed by atoms with E-state index in [0.29, 0.717) is 5.52 Å². The molecule has 1 heterocycles. The van der Waals surface area contributed by atoms with E-state index >= 15 is 0 Å². The lowest BCUT2D eigenvalue weighted by atomic mass is 10.1. The molecule has 0 bridgehead atoms. The molecular formula is C17H13ClF2N4O3. The number of amides is 1. The van der Waals surface area contributed by atoms with Crippen molar-refractivity contribution >= 4 is 34.2 Å². The van der Waals surface area contributed by atoms with Crippen LogP contribution >= 0.6 is 11.6 Å². The highest BCUT2D eigenvalue weighted by molar-refractivity contribution is 6.34. The number of hydrogen-bond acceptors (Lipinski definition) is 4. The van der Waals surface area contributed by atoms with Crippen molar-refractivity contribution in [3.8, 4) is 0 Å². The van der Waals surface area contributed by atoms with Gasteiger partial charge in [0.05, 0.1) is 32.6 Å². The van der Waals surface area contributed by atoms with E-state index < -0.39 is 23.4 Å². The number of carbonyl (C=O) groups is 1. The molecule has 140 valence electrons. The number of nitro benzene ring substituents is 1. The predicted molar refractivity (Wildman–Crippen MR) is 95.0 cm³/mol. The summed E-state index contributed by atoms with van der Waals surface area (Å²) in [6, 6.07) is 8.94. The molecule has 0 aliphatic rings. The van der Waals surface area contributed by atoms with Gasteiger partial charge in [0, 0.05) is 12.1 Å². The van der Waals surface area contributed by atoms with Crippen molar-refractivity contribution in [3.05, 3.63) is 69.0 Å². The minimum Gasteiger partial charge on any atom is -0.342 e. The molecule has 0 saturated heterocycles. The zero-order valence-corrected chi connectivity index (χ0v) is 14.7. The smallest absolute Gasteiger partial charge is 0.320 e. The molecule has 3 rings (SSSR count). The van der Waals surface area contributed by atoms with E-state index in [1.165, 1.54) is 19.1 Å². The van der Waals surface area contributed by atoms with E-state index in [4.69, 9.17) is 11.6 Å². The molecule has 0 radical (unpaired) electrons. The number of benzene rings is 2. The van der Waals surface area contributed by atoms with Crippen molar-refractivity contribution in [3.63, 3.8) is 0 Å². The van der Waals surface area contributed by atoms with Gasteiger partial charge >= 0.3 is 6.55 Å². The zero-order chi connectivity index (χ0) is 19.7. The van der Waals surface area contributed by atoms with Gasteiger partial charge < -0.3 is 5.32 Å². The lowest BCUT2D eigenvalue weighted by molar-refractivity contribution is -0.384. The molecule has 1 unspecified atom stereocenters. The first-order valence-corrected chi connectivity index (χ1v) is 8.17. The van der Waals surface area contributed by atoms with Crippen molar-refractivity contribution in [2.75, 3.05) is 0 Å². The molecule has 1 aromatic heterocycles. The first-order chi connectivity index (χ1) is 12.8. The molecule has 3 aromatic rings. The topological polar surface area (TPSA) is 90.1 Å². The normalized spacial score (nSPS) is 12.3. The Morgan fingerprint density at radius 3 is 2.63 bits per heavy atom. The van der Waals surface area contributed by atoms with Crippen LogP contribution in [0.3, 0.4) is 0 Å². The highest BCUT2D eigenvalue weighted by Gasteiger charge is 2.24. The number of alkyl halides is 2. The summed E-state index contributed by atoms with van der Waals surface area (Å²) in [6.07, 6.45) is 0. The molecule has 0 saturated carbocycles. The number of para-hydroxylation sites is 2. The van der Waals surface area contributed by atoms with Gasteiger partial charge in [-0.25, -0.2) is 4.98 Å². The molecule has 0 spiro atoms. The molecule has 7 nitrogen and oxygen atoms in total. The number of fused-ring (bicyclic) bond motifs is 1. The van der Waals surface area contributed by atoms with Crippen LogP contribution in [0.1, 0.15) is 35.7 Å². The van der Waals surface area contributed by atoms with Crippen molar-refractivity contribution in [2.45, 2.75) is 19.5 Å². The molecular weight excluding hydrogens is 382 g/mol. The van der Waals surface area contributed by atoms with Crippen LogP contribution in [0.25, 0.3) is 11.0 Å². The van der Waals surface area contributed by atoms with Gasteiger partial charge in [0.2, 0.25) is 0 Å². The number of aromatic nitrogens is 2. The average molecular weight is 395 g/mol. The second-order valence-electron chi connectivity index (χ2n) is 5.72. The molecule has 0 aliphatic carbocycles. The van der Waals surface area contributed by atoms with Gasteiger partial charge in [0.15, 0.2) is 0 Å². The number of nitrogens with zero attached hydrogens (tertiary/aromatic N) is 3. The number of hydrogen-bond donors (Lipinski definition) is 1. The average Bonchev–Trinajstić information content (AvgIpc) is 3.01. The Morgan fingerprint density at radius 1 is 1.30 bits per heavy atom. The maximum absolute atomic E-state index is 13.5. The van der Waals surface area contributed by atoms with Gasteiger partial charge in [0.25, 0.3) is 11.6 Å². The van der Waals surface area contributed by atoms with Crippen LogP contribution in [0.4, 0.5) is 14.5 Å².